The predicted octanol–water partition coefficient (Wildman–Crippen LogP) is 1.21. The summed E-state index contributed by atoms with van der Waals surface area (Å²) in [5.41, 5.74) is 0. The number of hydrogen-bond acceptors (Lipinski definition) is 3. The first-order chi connectivity index (χ1) is 9.24. The van der Waals surface area contributed by atoms with Crippen molar-refractivity contribution in [1.29, 1.82) is 0 Å². The Kier molecular flexibility index (Phi) is 4.08. The molecule has 0 aromatic heterocycles. The number of rotatable bonds is 3. The molecule has 3 rings (SSSR count). The Bertz CT molecular complexity index is 327. The van der Waals surface area contributed by atoms with Crippen LogP contribution in [0.3, 0.4) is 0 Å². The Hall–Kier alpha value is -0.610. The topological polar surface area (TPSA) is 35.6 Å². The SMILES string of the molecule is CC(CC1CCCCN1)N1CCN2C(=O)CCC2C1. The smallest absolute Gasteiger partial charge is 0.222 e. The van der Waals surface area contributed by atoms with Crippen LogP contribution in [0.2, 0.25) is 0 Å². The van der Waals surface area contributed by atoms with E-state index >= 15 is 0 Å². The molecule has 1 amide bonds. The summed E-state index contributed by atoms with van der Waals surface area (Å²) in [6, 6.07) is 1.86. The summed E-state index contributed by atoms with van der Waals surface area (Å²) in [5, 5.41) is 3.65. The van der Waals surface area contributed by atoms with Gasteiger partial charge in [-0.1, -0.05) is 6.42 Å². The van der Waals surface area contributed by atoms with Gasteiger partial charge in [-0.05, 0) is 39.2 Å². The van der Waals surface area contributed by atoms with Crippen molar-refractivity contribution in [2.45, 2.75) is 63.6 Å². The Morgan fingerprint density at radius 3 is 3.00 bits per heavy atom. The van der Waals surface area contributed by atoms with E-state index in [2.05, 4.69) is 22.0 Å². The lowest BCUT2D eigenvalue weighted by Crippen LogP contribution is -2.54. The molecule has 3 fully saturated rings. The van der Waals surface area contributed by atoms with E-state index in [1.165, 1.54) is 32.2 Å². The minimum absolute atomic E-state index is 0.381. The first kappa shape index (κ1) is 13.4. The molecule has 19 heavy (non-hydrogen) atoms. The molecule has 3 unspecified atom stereocenters. The van der Waals surface area contributed by atoms with E-state index in [1.54, 1.807) is 0 Å². The second-order valence-electron chi connectivity index (χ2n) is 6.51. The van der Waals surface area contributed by atoms with Crippen LogP contribution < -0.4 is 5.32 Å². The van der Waals surface area contributed by atoms with Gasteiger partial charge in [-0.3, -0.25) is 9.69 Å². The average molecular weight is 265 g/mol. The molecule has 3 atom stereocenters. The van der Waals surface area contributed by atoms with Gasteiger partial charge in [-0.2, -0.15) is 0 Å². The third kappa shape index (κ3) is 2.95. The third-order valence-corrected chi connectivity index (χ3v) is 5.19. The molecule has 3 heterocycles. The van der Waals surface area contributed by atoms with Crippen molar-refractivity contribution in [2.24, 2.45) is 0 Å². The molecule has 3 saturated heterocycles. The maximum atomic E-state index is 11.7. The predicted molar refractivity (Wildman–Crippen MR) is 76.0 cm³/mol. The van der Waals surface area contributed by atoms with Gasteiger partial charge in [-0.25, -0.2) is 0 Å². The van der Waals surface area contributed by atoms with E-state index in [1.807, 2.05) is 0 Å². The van der Waals surface area contributed by atoms with Crippen LogP contribution in [0, 0.1) is 0 Å². The zero-order valence-electron chi connectivity index (χ0n) is 12.1. The summed E-state index contributed by atoms with van der Waals surface area (Å²) in [6.45, 7) is 6.67. The molecule has 0 aromatic carbocycles. The number of carbonyl (C=O) groups is 1. The summed E-state index contributed by atoms with van der Waals surface area (Å²) in [6.07, 6.45) is 7.18. The molecule has 0 saturated carbocycles. The molecule has 4 nitrogen and oxygen atoms in total. The molecule has 1 N–H and O–H groups in total. The highest BCUT2D eigenvalue weighted by Crippen LogP contribution is 2.25. The van der Waals surface area contributed by atoms with Gasteiger partial charge in [-0.15, -0.1) is 0 Å². The van der Waals surface area contributed by atoms with E-state index in [4.69, 9.17) is 0 Å². The van der Waals surface area contributed by atoms with Gasteiger partial charge in [0.05, 0.1) is 0 Å². The molecule has 108 valence electrons. The Labute approximate surface area is 116 Å². The van der Waals surface area contributed by atoms with Crippen LogP contribution in [-0.2, 0) is 4.79 Å². The van der Waals surface area contributed by atoms with E-state index in [-0.39, 0.29) is 0 Å². The number of nitrogens with one attached hydrogen (secondary N) is 1. The Morgan fingerprint density at radius 1 is 1.32 bits per heavy atom. The average Bonchev–Trinajstić information content (AvgIpc) is 2.81. The van der Waals surface area contributed by atoms with Crippen molar-refractivity contribution in [3.8, 4) is 0 Å². The quantitative estimate of drug-likeness (QED) is 0.833. The van der Waals surface area contributed by atoms with E-state index < -0.39 is 0 Å². The fourth-order valence-corrected chi connectivity index (χ4v) is 3.97. The fraction of sp³-hybridized carbons (Fsp3) is 0.933. The van der Waals surface area contributed by atoms with Crippen molar-refractivity contribution in [3.05, 3.63) is 0 Å². The first-order valence-corrected chi connectivity index (χ1v) is 8.01. The van der Waals surface area contributed by atoms with Crippen LogP contribution in [0.4, 0.5) is 0 Å². The number of hydrogen-bond donors (Lipinski definition) is 1. The molecule has 0 radical (unpaired) electrons. The minimum atomic E-state index is 0.381. The van der Waals surface area contributed by atoms with Crippen molar-refractivity contribution >= 4 is 5.91 Å². The molecular formula is C15H27N3O. The number of fused-ring (bicyclic) bond motifs is 1. The molecular weight excluding hydrogens is 238 g/mol. The summed E-state index contributed by atoms with van der Waals surface area (Å²) in [5.74, 6) is 0.381. The number of amides is 1. The van der Waals surface area contributed by atoms with Crippen molar-refractivity contribution in [3.63, 3.8) is 0 Å². The standard InChI is InChI=1S/C15H27N3O/c1-12(10-13-4-2-3-7-16-13)17-8-9-18-14(11-17)5-6-15(18)19/h12-14,16H,2-11H2,1H3. The number of carbonyl (C=O) groups excluding carboxylic acids is 1. The summed E-state index contributed by atoms with van der Waals surface area (Å²) >= 11 is 0. The third-order valence-electron chi connectivity index (χ3n) is 5.19. The molecule has 3 aliphatic heterocycles. The lowest BCUT2D eigenvalue weighted by atomic mass is 9.97. The van der Waals surface area contributed by atoms with Crippen LogP contribution >= 0.6 is 0 Å². The lowest BCUT2D eigenvalue weighted by molar-refractivity contribution is -0.131. The first-order valence-electron chi connectivity index (χ1n) is 8.01. The van der Waals surface area contributed by atoms with Crippen molar-refractivity contribution < 1.29 is 4.79 Å². The van der Waals surface area contributed by atoms with E-state index in [0.717, 1.165) is 32.5 Å². The van der Waals surface area contributed by atoms with Gasteiger partial charge in [0.1, 0.15) is 0 Å². The zero-order valence-corrected chi connectivity index (χ0v) is 12.1. The number of piperazine rings is 1. The van der Waals surface area contributed by atoms with Crippen molar-refractivity contribution in [2.75, 3.05) is 26.2 Å². The van der Waals surface area contributed by atoms with Gasteiger partial charge < -0.3 is 10.2 Å². The van der Waals surface area contributed by atoms with Crippen molar-refractivity contribution in [1.82, 2.24) is 15.1 Å². The van der Waals surface area contributed by atoms with E-state index in [9.17, 15) is 4.79 Å². The van der Waals surface area contributed by atoms with Gasteiger partial charge in [0.2, 0.25) is 5.91 Å². The number of nitrogens with zero attached hydrogens (tertiary/aromatic N) is 2. The van der Waals surface area contributed by atoms with Gasteiger partial charge in [0.15, 0.2) is 0 Å². The molecule has 3 aliphatic rings. The highest BCUT2D eigenvalue weighted by Gasteiger charge is 2.36. The van der Waals surface area contributed by atoms with Gasteiger partial charge in [0, 0.05) is 44.2 Å². The Morgan fingerprint density at radius 2 is 2.21 bits per heavy atom. The maximum absolute atomic E-state index is 11.7. The summed E-state index contributed by atoms with van der Waals surface area (Å²) in [4.78, 5) is 16.4. The molecule has 0 aliphatic carbocycles. The van der Waals surface area contributed by atoms with Crippen LogP contribution in [0.5, 0.6) is 0 Å². The highest BCUT2D eigenvalue weighted by molar-refractivity contribution is 5.78. The molecule has 0 spiro atoms. The monoisotopic (exact) mass is 265 g/mol. The second kappa shape index (κ2) is 5.80. The highest BCUT2D eigenvalue weighted by atomic mass is 16.2. The normalized spacial score (nSPS) is 34.4. The minimum Gasteiger partial charge on any atom is -0.337 e. The molecule has 0 aromatic rings. The zero-order chi connectivity index (χ0) is 13.2. The van der Waals surface area contributed by atoms with Crippen LogP contribution in [0.15, 0.2) is 0 Å². The number of piperidine rings is 1. The van der Waals surface area contributed by atoms with Gasteiger partial charge in [0.25, 0.3) is 0 Å². The summed E-state index contributed by atoms with van der Waals surface area (Å²) < 4.78 is 0. The van der Waals surface area contributed by atoms with Crippen LogP contribution in [0.1, 0.15) is 45.4 Å². The van der Waals surface area contributed by atoms with Crippen LogP contribution in [0.25, 0.3) is 0 Å². The molecule has 0 bridgehead atoms. The van der Waals surface area contributed by atoms with Gasteiger partial charge >= 0.3 is 0 Å². The Balaban J connectivity index is 1.50. The lowest BCUT2D eigenvalue weighted by Gasteiger charge is -2.41. The largest absolute Gasteiger partial charge is 0.337 e. The second-order valence-corrected chi connectivity index (χ2v) is 6.51. The molecule has 4 heteroatoms. The van der Waals surface area contributed by atoms with E-state index in [0.29, 0.717) is 24.0 Å². The fourth-order valence-electron chi connectivity index (χ4n) is 3.97. The maximum Gasteiger partial charge on any atom is 0.222 e. The summed E-state index contributed by atoms with van der Waals surface area (Å²) in [7, 11) is 0. The van der Waals surface area contributed by atoms with Crippen LogP contribution in [-0.4, -0.2) is 60.0 Å².